The van der Waals surface area contributed by atoms with Crippen LogP contribution in [-0.4, -0.2) is 20.8 Å². The third kappa shape index (κ3) is 3.81. The predicted molar refractivity (Wildman–Crippen MR) is 42.7 cm³/mol. The molecule has 0 aliphatic heterocycles. The highest BCUT2D eigenvalue weighted by Crippen LogP contribution is 1.85. The number of hydrogen-bond donors (Lipinski definition) is 2. The van der Waals surface area contributed by atoms with Crippen LogP contribution in [0.25, 0.3) is 0 Å². The van der Waals surface area contributed by atoms with Crippen molar-refractivity contribution in [2.45, 2.75) is 12.3 Å². The van der Waals surface area contributed by atoms with E-state index in [9.17, 15) is 8.42 Å². The number of rotatable bonds is 2. The van der Waals surface area contributed by atoms with Gasteiger partial charge in [0.1, 0.15) is 5.37 Å². The molecule has 0 rings (SSSR count). The molecule has 0 spiro atoms. The number of nitrogens with two attached hydrogens (primary N) is 1. The topological polar surface area (TPSA) is 72.2 Å². The van der Waals surface area contributed by atoms with Gasteiger partial charge in [-0.15, -0.1) is 0 Å². The molecule has 0 aromatic heterocycles. The molecule has 0 heterocycles. The van der Waals surface area contributed by atoms with E-state index in [0.29, 0.717) is 0 Å². The van der Waals surface area contributed by atoms with Crippen molar-refractivity contribution in [3.8, 4) is 0 Å². The lowest BCUT2D eigenvalue weighted by molar-refractivity contribution is 0.577. The molecule has 0 amide bonds. The Morgan fingerprint density at radius 2 is 1.89 bits per heavy atom. The minimum absolute atomic E-state index is 0. The molecular formula is C3H13N2O2PS. The van der Waals surface area contributed by atoms with Gasteiger partial charge in [0.2, 0.25) is 10.0 Å². The van der Waals surface area contributed by atoms with E-state index in [1.165, 1.54) is 14.0 Å². The summed E-state index contributed by atoms with van der Waals surface area (Å²) >= 11 is 0. The molecule has 4 nitrogen and oxygen atoms in total. The van der Waals surface area contributed by atoms with Gasteiger partial charge in [0.05, 0.1) is 0 Å². The van der Waals surface area contributed by atoms with E-state index in [4.69, 9.17) is 5.73 Å². The SMILES string of the molecule is CNS(=O)(=O)C(C)N.P. The van der Waals surface area contributed by atoms with Crippen molar-refractivity contribution in [3.63, 3.8) is 0 Å². The molecule has 3 N–H and O–H groups in total. The molecule has 2 unspecified atom stereocenters. The van der Waals surface area contributed by atoms with E-state index < -0.39 is 15.4 Å². The summed E-state index contributed by atoms with van der Waals surface area (Å²) in [5, 5.41) is -0.826. The molecule has 0 radical (unpaired) electrons. The summed E-state index contributed by atoms with van der Waals surface area (Å²) in [4.78, 5) is 0. The standard InChI is InChI=1S/C3H10N2O2S.H3P/c1-3(4)8(6,7)5-2;/h3,5H,4H2,1-2H3;1H3. The highest BCUT2D eigenvalue weighted by molar-refractivity contribution is 7.90. The van der Waals surface area contributed by atoms with Crippen LogP contribution in [0.4, 0.5) is 0 Å². The lowest BCUT2D eigenvalue weighted by atomic mass is 10.8. The Balaban J connectivity index is 0. The fraction of sp³-hybridized carbons (Fsp3) is 1.00. The van der Waals surface area contributed by atoms with Gasteiger partial charge in [0.25, 0.3) is 0 Å². The van der Waals surface area contributed by atoms with Gasteiger partial charge in [0, 0.05) is 0 Å². The molecule has 6 heteroatoms. The average molecular weight is 172 g/mol. The Morgan fingerprint density at radius 3 is 1.89 bits per heavy atom. The zero-order chi connectivity index (χ0) is 6.78. The lowest BCUT2D eigenvalue weighted by Crippen LogP contribution is -2.35. The second-order valence-corrected chi connectivity index (χ2v) is 3.70. The highest BCUT2D eigenvalue weighted by atomic mass is 32.2. The molecule has 2 atom stereocenters. The Bertz CT molecular complexity index is 153. The molecule has 58 valence electrons. The van der Waals surface area contributed by atoms with E-state index in [1.807, 2.05) is 0 Å². The highest BCUT2D eigenvalue weighted by Gasteiger charge is 2.11. The van der Waals surface area contributed by atoms with Crippen LogP contribution in [0.15, 0.2) is 0 Å². The van der Waals surface area contributed by atoms with E-state index in [2.05, 4.69) is 4.72 Å². The molecule has 9 heavy (non-hydrogen) atoms. The first-order valence-electron chi connectivity index (χ1n) is 2.18. The van der Waals surface area contributed by atoms with Crippen molar-refractivity contribution in [1.82, 2.24) is 4.72 Å². The molecule has 0 saturated carbocycles. The van der Waals surface area contributed by atoms with Gasteiger partial charge in [-0.1, -0.05) is 0 Å². The van der Waals surface area contributed by atoms with Crippen molar-refractivity contribution in [2.24, 2.45) is 5.73 Å². The van der Waals surface area contributed by atoms with Gasteiger partial charge in [-0.25, -0.2) is 13.1 Å². The largest absolute Gasteiger partial charge is 0.314 e. The molecule has 0 aliphatic rings. The van der Waals surface area contributed by atoms with Crippen molar-refractivity contribution in [1.29, 1.82) is 0 Å². The minimum Gasteiger partial charge on any atom is -0.314 e. The second-order valence-electron chi connectivity index (χ2n) is 1.45. The zero-order valence-corrected chi connectivity index (χ0v) is 7.82. The summed E-state index contributed by atoms with van der Waals surface area (Å²) in [5.41, 5.74) is 5.03. The summed E-state index contributed by atoms with van der Waals surface area (Å²) in [5.74, 6) is 0. The van der Waals surface area contributed by atoms with Crippen LogP contribution in [0.5, 0.6) is 0 Å². The fourth-order valence-electron chi connectivity index (χ4n) is 0.186. The van der Waals surface area contributed by atoms with Crippen molar-refractivity contribution in [2.75, 3.05) is 7.05 Å². The maximum atomic E-state index is 10.5. The van der Waals surface area contributed by atoms with E-state index in [-0.39, 0.29) is 9.90 Å². The van der Waals surface area contributed by atoms with Crippen LogP contribution in [0, 0.1) is 0 Å². The second kappa shape index (κ2) is 4.17. The predicted octanol–water partition coefficient (Wildman–Crippen LogP) is -1.10. The maximum Gasteiger partial charge on any atom is 0.226 e. The van der Waals surface area contributed by atoms with E-state index in [1.54, 1.807) is 0 Å². The first-order chi connectivity index (χ1) is 3.50. The van der Waals surface area contributed by atoms with Crippen molar-refractivity contribution in [3.05, 3.63) is 0 Å². The number of nitrogens with one attached hydrogen (secondary N) is 1. The van der Waals surface area contributed by atoms with Crippen LogP contribution in [0.2, 0.25) is 0 Å². The summed E-state index contributed by atoms with van der Waals surface area (Å²) in [6.45, 7) is 1.41. The number of sulfonamides is 1. The van der Waals surface area contributed by atoms with Gasteiger partial charge in [-0.05, 0) is 14.0 Å². The van der Waals surface area contributed by atoms with Crippen molar-refractivity contribution >= 4 is 19.9 Å². The Hall–Kier alpha value is 0.300. The molecular weight excluding hydrogens is 159 g/mol. The molecule has 0 saturated heterocycles. The average Bonchev–Trinajstić information content (AvgIpc) is 1.67. The molecule has 0 bridgehead atoms. The Labute approximate surface area is 58.9 Å². The van der Waals surface area contributed by atoms with Gasteiger partial charge in [-0.3, -0.25) is 0 Å². The van der Waals surface area contributed by atoms with Crippen LogP contribution < -0.4 is 10.5 Å². The van der Waals surface area contributed by atoms with E-state index >= 15 is 0 Å². The monoisotopic (exact) mass is 172 g/mol. The normalized spacial score (nSPS) is 14.1. The lowest BCUT2D eigenvalue weighted by Gasteiger charge is -2.03. The van der Waals surface area contributed by atoms with Gasteiger partial charge >= 0.3 is 0 Å². The Morgan fingerprint density at radius 1 is 1.56 bits per heavy atom. The first-order valence-corrected chi connectivity index (χ1v) is 3.73. The molecule has 0 aromatic rings. The Kier molecular flexibility index (Phi) is 5.57. The smallest absolute Gasteiger partial charge is 0.226 e. The summed E-state index contributed by atoms with van der Waals surface area (Å²) < 4.78 is 23.0. The van der Waals surface area contributed by atoms with Crippen molar-refractivity contribution < 1.29 is 8.42 Å². The summed E-state index contributed by atoms with van der Waals surface area (Å²) in [6.07, 6.45) is 0. The summed E-state index contributed by atoms with van der Waals surface area (Å²) in [6, 6.07) is 0. The zero-order valence-electron chi connectivity index (χ0n) is 5.59. The van der Waals surface area contributed by atoms with Crippen LogP contribution in [0.1, 0.15) is 6.92 Å². The molecule has 0 aliphatic carbocycles. The third-order valence-electron chi connectivity index (χ3n) is 0.774. The fourth-order valence-corrected chi connectivity index (χ4v) is 0.558. The third-order valence-corrected chi connectivity index (χ3v) is 2.32. The van der Waals surface area contributed by atoms with E-state index in [0.717, 1.165) is 0 Å². The maximum absolute atomic E-state index is 10.5. The van der Waals surface area contributed by atoms with Crippen LogP contribution in [0.3, 0.4) is 0 Å². The van der Waals surface area contributed by atoms with Crippen LogP contribution >= 0.6 is 9.90 Å². The quantitative estimate of drug-likeness (QED) is 0.519. The first kappa shape index (κ1) is 12.0. The number of hydrogen-bond acceptors (Lipinski definition) is 3. The molecule has 0 fully saturated rings. The molecule has 0 aromatic carbocycles. The van der Waals surface area contributed by atoms with Gasteiger partial charge < -0.3 is 5.73 Å². The van der Waals surface area contributed by atoms with Gasteiger partial charge in [0.15, 0.2) is 0 Å². The van der Waals surface area contributed by atoms with Crippen LogP contribution in [-0.2, 0) is 10.0 Å². The minimum atomic E-state index is -3.21. The summed E-state index contributed by atoms with van der Waals surface area (Å²) in [7, 11) is -1.88. The van der Waals surface area contributed by atoms with Gasteiger partial charge in [-0.2, -0.15) is 9.90 Å².